The number of carboxylic acid groups (broad SMARTS) is 1. The summed E-state index contributed by atoms with van der Waals surface area (Å²) in [5.41, 5.74) is 10.6. The van der Waals surface area contributed by atoms with Gasteiger partial charge in [-0.25, -0.2) is 14.8 Å². The fourth-order valence-corrected chi connectivity index (χ4v) is 3.69. The molecule has 0 aliphatic carbocycles. The fraction of sp³-hybridized carbons (Fsp3) is 0.292. The van der Waals surface area contributed by atoms with Crippen molar-refractivity contribution in [3.05, 3.63) is 60.6 Å². The van der Waals surface area contributed by atoms with Crippen LogP contribution in [0.4, 0.5) is 10.5 Å². The molecule has 0 bridgehead atoms. The van der Waals surface area contributed by atoms with Gasteiger partial charge in [0.1, 0.15) is 5.52 Å². The van der Waals surface area contributed by atoms with Gasteiger partial charge in [-0.1, -0.05) is 12.1 Å². The van der Waals surface area contributed by atoms with Crippen molar-refractivity contribution in [3.63, 3.8) is 0 Å². The average molecular weight is 462 g/mol. The van der Waals surface area contributed by atoms with Gasteiger partial charge in [0.25, 0.3) is 0 Å². The summed E-state index contributed by atoms with van der Waals surface area (Å²) in [6.45, 7) is 3.62. The van der Waals surface area contributed by atoms with Crippen LogP contribution in [0.5, 0.6) is 5.88 Å². The normalized spacial score (nSPS) is 14.0. The zero-order valence-electron chi connectivity index (χ0n) is 19.0. The number of piperazine rings is 1. The van der Waals surface area contributed by atoms with E-state index in [1.165, 1.54) is 4.90 Å². The van der Waals surface area contributed by atoms with E-state index in [2.05, 4.69) is 24.8 Å². The van der Waals surface area contributed by atoms with Crippen LogP contribution in [0.25, 0.3) is 22.1 Å². The summed E-state index contributed by atoms with van der Waals surface area (Å²) in [6.07, 6.45) is 3.50. The summed E-state index contributed by atoms with van der Waals surface area (Å²) >= 11 is 0. The first-order valence-electron chi connectivity index (χ1n) is 11.0. The zero-order chi connectivity index (χ0) is 23.9. The molecule has 34 heavy (non-hydrogen) atoms. The van der Waals surface area contributed by atoms with Gasteiger partial charge in [0.2, 0.25) is 5.88 Å². The number of amides is 1. The lowest BCUT2D eigenvalue weighted by Gasteiger charge is -2.32. The summed E-state index contributed by atoms with van der Waals surface area (Å²) in [6, 6.07) is 13.2. The molecular formula is C24H27N7O3. The first kappa shape index (κ1) is 23.1. The number of ether oxygens (including phenoxy) is 1. The number of nitrogen functional groups attached to an aromatic ring is 1. The SMILES string of the molecule is COc1ccc2nccc(N)c2n1.O=C(O)N1CCN(CCc2cnc3ccccc3n2)CC1. The lowest BCUT2D eigenvalue weighted by atomic mass is 10.2. The number of fused-ring (bicyclic) bond motifs is 2. The predicted molar refractivity (Wildman–Crippen MR) is 130 cm³/mol. The van der Waals surface area contributed by atoms with Crippen molar-refractivity contribution in [2.45, 2.75) is 6.42 Å². The molecule has 0 saturated carbocycles. The van der Waals surface area contributed by atoms with Crippen LogP contribution in [0.1, 0.15) is 5.69 Å². The number of methoxy groups -OCH3 is 1. The van der Waals surface area contributed by atoms with Crippen LogP contribution in [0, 0.1) is 0 Å². The van der Waals surface area contributed by atoms with Gasteiger partial charge in [0, 0.05) is 57.6 Å². The summed E-state index contributed by atoms with van der Waals surface area (Å²) < 4.78 is 4.98. The molecule has 1 amide bonds. The number of carbonyl (C=O) groups is 1. The van der Waals surface area contributed by atoms with E-state index >= 15 is 0 Å². The molecule has 5 rings (SSSR count). The molecule has 0 unspecified atom stereocenters. The second-order valence-electron chi connectivity index (χ2n) is 7.83. The molecule has 1 fully saturated rings. The van der Waals surface area contributed by atoms with Gasteiger partial charge >= 0.3 is 6.09 Å². The maximum absolute atomic E-state index is 10.9. The quantitative estimate of drug-likeness (QED) is 0.471. The van der Waals surface area contributed by atoms with Gasteiger partial charge in [-0.05, 0) is 24.3 Å². The smallest absolute Gasteiger partial charge is 0.407 e. The Morgan fingerprint density at radius 3 is 2.50 bits per heavy atom. The Hall–Kier alpha value is -4.05. The Labute approximate surface area is 197 Å². The van der Waals surface area contributed by atoms with Crippen LogP contribution in [0.3, 0.4) is 0 Å². The van der Waals surface area contributed by atoms with Gasteiger partial charge in [-0.2, -0.15) is 0 Å². The van der Waals surface area contributed by atoms with E-state index in [4.69, 9.17) is 15.6 Å². The summed E-state index contributed by atoms with van der Waals surface area (Å²) in [5, 5.41) is 8.92. The van der Waals surface area contributed by atoms with Crippen molar-refractivity contribution >= 4 is 33.8 Å². The van der Waals surface area contributed by atoms with Crippen LogP contribution in [0.2, 0.25) is 0 Å². The van der Waals surface area contributed by atoms with Crippen molar-refractivity contribution < 1.29 is 14.6 Å². The van der Waals surface area contributed by atoms with E-state index < -0.39 is 6.09 Å². The molecule has 1 saturated heterocycles. The highest BCUT2D eigenvalue weighted by atomic mass is 16.5. The molecular weight excluding hydrogens is 434 g/mol. The first-order valence-corrected chi connectivity index (χ1v) is 11.0. The maximum atomic E-state index is 10.9. The predicted octanol–water partition coefficient (Wildman–Crippen LogP) is 2.69. The Morgan fingerprint density at radius 1 is 1.00 bits per heavy atom. The molecule has 1 aliphatic rings. The molecule has 10 heteroatoms. The van der Waals surface area contributed by atoms with Crippen molar-refractivity contribution in [2.24, 2.45) is 0 Å². The highest BCUT2D eigenvalue weighted by Crippen LogP contribution is 2.19. The van der Waals surface area contributed by atoms with Crippen molar-refractivity contribution in [3.8, 4) is 5.88 Å². The second kappa shape index (κ2) is 10.7. The topological polar surface area (TPSA) is 131 Å². The number of rotatable bonds is 4. The number of benzene rings is 1. The molecule has 1 aromatic carbocycles. The van der Waals surface area contributed by atoms with Gasteiger partial charge in [0.05, 0.1) is 35.0 Å². The van der Waals surface area contributed by atoms with Gasteiger partial charge in [0.15, 0.2) is 0 Å². The molecule has 0 atom stereocenters. The van der Waals surface area contributed by atoms with Crippen LogP contribution in [-0.4, -0.2) is 80.8 Å². The minimum atomic E-state index is -0.824. The standard InChI is InChI=1S/C15H18N4O2.C9H9N3O/c20-15(21)19-9-7-18(8-10-19)6-5-12-11-16-13-3-1-2-4-14(13)17-12;1-13-8-3-2-7-9(12-8)6(10)4-5-11-7/h1-4,11H,5-10H2,(H,20,21);2-5H,1H3,(H2,10,11). The number of hydrogen-bond acceptors (Lipinski definition) is 8. The summed E-state index contributed by atoms with van der Waals surface area (Å²) in [4.78, 5) is 31.9. The molecule has 3 N–H and O–H groups in total. The van der Waals surface area contributed by atoms with Crippen LogP contribution < -0.4 is 10.5 Å². The Balaban J connectivity index is 0.000000180. The van der Waals surface area contributed by atoms with Gasteiger partial charge < -0.3 is 20.5 Å². The highest BCUT2D eigenvalue weighted by molar-refractivity contribution is 5.86. The van der Waals surface area contributed by atoms with Gasteiger partial charge in [-0.15, -0.1) is 0 Å². The van der Waals surface area contributed by atoms with E-state index in [-0.39, 0.29) is 0 Å². The van der Waals surface area contributed by atoms with Crippen LogP contribution >= 0.6 is 0 Å². The number of nitrogens with two attached hydrogens (primary N) is 1. The molecule has 3 aromatic heterocycles. The van der Waals surface area contributed by atoms with Crippen LogP contribution in [-0.2, 0) is 6.42 Å². The highest BCUT2D eigenvalue weighted by Gasteiger charge is 2.20. The molecule has 0 radical (unpaired) electrons. The number of para-hydroxylation sites is 2. The maximum Gasteiger partial charge on any atom is 0.407 e. The summed E-state index contributed by atoms with van der Waals surface area (Å²) in [5.74, 6) is 0.548. The Kier molecular flexibility index (Phi) is 7.28. The van der Waals surface area contributed by atoms with Crippen molar-refractivity contribution in [2.75, 3.05) is 45.6 Å². The third-order valence-electron chi connectivity index (χ3n) is 5.62. The third kappa shape index (κ3) is 5.65. The number of hydrogen-bond donors (Lipinski definition) is 2. The lowest BCUT2D eigenvalue weighted by Crippen LogP contribution is -2.48. The fourth-order valence-electron chi connectivity index (χ4n) is 3.69. The molecule has 10 nitrogen and oxygen atoms in total. The molecule has 4 aromatic rings. The van der Waals surface area contributed by atoms with Gasteiger partial charge in [-0.3, -0.25) is 14.9 Å². The lowest BCUT2D eigenvalue weighted by molar-refractivity contribution is 0.106. The van der Waals surface area contributed by atoms with Crippen molar-refractivity contribution in [1.29, 1.82) is 0 Å². The largest absolute Gasteiger partial charge is 0.481 e. The number of aromatic nitrogens is 4. The molecule has 1 aliphatic heterocycles. The third-order valence-corrected chi connectivity index (χ3v) is 5.62. The molecule has 0 spiro atoms. The Bertz CT molecular complexity index is 1280. The second-order valence-corrected chi connectivity index (χ2v) is 7.83. The van der Waals surface area contributed by atoms with Crippen molar-refractivity contribution in [1.82, 2.24) is 29.7 Å². The van der Waals surface area contributed by atoms with E-state index in [0.717, 1.165) is 48.3 Å². The number of anilines is 1. The summed E-state index contributed by atoms with van der Waals surface area (Å²) in [7, 11) is 1.57. The van der Waals surface area contributed by atoms with E-state index in [0.29, 0.717) is 30.2 Å². The first-order chi connectivity index (χ1) is 16.5. The van der Waals surface area contributed by atoms with E-state index in [9.17, 15) is 4.79 Å². The minimum absolute atomic E-state index is 0.548. The van der Waals surface area contributed by atoms with E-state index in [1.807, 2.05) is 36.5 Å². The molecule has 176 valence electrons. The van der Waals surface area contributed by atoms with E-state index in [1.54, 1.807) is 25.4 Å². The number of pyridine rings is 2. The number of nitrogens with zero attached hydrogens (tertiary/aromatic N) is 6. The zero-order valence-corrected chi connectivity index (χ0v) is 19.0. The Morgan fingerprint density at radius 2 is 1.76 bits per heavy atom. The van der Waals surface area contributed by atoms with Crippen LogP contribution in [0.15, 0.2) is 54.9 Å². The molecule has 4 heterocycles. The monoisotopic (exact) mass is 461 g/mol. The average Bonchev–Trinajstić information content (AvgIpc) is 2.88. The minimum Gasteiger partial charge on any atom is -0.481 e.